The molecule has 0 aliphatic carbocycles. The summed E-state index contributed by atoms with van der Waals surface area (Å²) in [5.41, 5.74) is 3.66. The molecule has 0 saturated carbocycles. The number of benzene rings is 2. The molecule has 0 bridgehead atoms. The summed E-state index contributed by atoms with van der Waals surface area (Å²) < 4.78 is 2.38. The first-order valence-corrected chi connectivity index (χ1v) is 9.79. The maximum atomic E-state index is 5.99. The maximum absolute atomic E-state index is 5.99. The van der Waals surface area contributed by atoms with Gasteiger partial charge in [-0.3, -0.25) is 4.90 Å². The zero-order valence-corrected chi connectivity index (χ0v) is 17.2. The second-order valence-corrected chi connectivity index (χ2v) is 7.38. The van der Waals surface area contributed by atoms with Crippen LogP contribution in [0.15, 0.2) is 48.5 Å². The van der Waals surface area contributed by atoms with Crippen LogP contribution in [0.2, 0.25) is 5.02 Å². The van der Waals surface area contributed by atoms with E-state index < -0.39 is 0 Å². The Morgan fingerprint density at radius 1 is 0.963 bits per heavy atom. The highest BCUT2D eigenvalue weighted by molar-refractivity contribution is 6.30. The third-order valence-corrected chi connectivity index (χ3v) is 5.31. The molecule has 0 unspecified atom stereocenters. The second kappa shape index (κ2) is 8.96. The molecular weight excluding hydrogens is 379 g/mol. The lowest BCUT2D eigenvalue weighted by atomic mass is 10.2. The van der Waals surface area contributed by atoms with Crippen molar-refractivity contribution in [2.24, 2.45) is 0 Å². The molecule has 0 amide bonds. The molecule has 1 fully saturated rings. The zero-order valence-electron chi connectivity index (χ0n) is 15.6. The van der Waals surface area contributed by atoms with Gasteiger partial charge < -0.3 is 9.47 Å². The van der Waals surface area contributed by atoms with Crippen molar-refractivity contribution in [1.82, 2.24) is 14.5 Å². The van der Waals surface area contributed by atoms with Crippen molar-refractivity contribution in [3.63, 3.8) is 0 Å². The molecule has 0 atom stereocenters. The Labute approximate surface area is 172 Å². The number of imidazole rings is 1. The van der Waals surface area contributed by atoms with Gasteiger partial charge in [0.25, 0.3) is 0 Å². The van der Waals surface area contributed by atoms with Crippen LogP contribution in [0.4, 0.5) is 5.95 Å². The summed E-state index contributed by atoms with van der Waals surface area (Å²) >= 11 is 5.99. The Kier molecular flexibility index (Phi) is 6.64. The summed E-state index contributed by atoms with van der Waals surface area (Å²) in [4.78, 5) is 9.87. The van der Waals surface area contributed by atoms with Gasteiger partial charge in [-0.15, -0.1) is 12.4 Å². The minimum absolute atomic E-state index is 0. The van der Waals surface area contributed by atoms with E-state index in [0.717, 1.165) is 62.2 Å². The van der Waals surface area contributed by atoms with E-state index in [1.54, 1.807) is 0 Å². The molecule has 1 aliphatic rings. The molecule has 1 saturated heterocycles. The minimum Gasteiger partial charge on any atom is -0.340 e. The SMILES string of the molecule is CCCn1c(N2CCN(Cc3ccc(Cl)cc3)CC2)nc2ccccc21.Cl. The number of hydrogen-bond acceptors (Lipinski definition) is 3. The molecular formula is C21H26Cl2N4. The molecule has 2 aromatic carbocycles. The lowest BCUT2D eigenvalue weighted by Gasteiger charge is -2.35. The Morgan fingerprint density at radius 3 is 2.37 bits per heavy atom. The standard InChI is InChI=1S/C21H25ClN4.ClH/c1-2-11-26-20-6-4-3-5-19(20)23-21(26)25-14-12-24(13-15-25)16-17-7-9-18(22)10-8-17;/h3-10H,2,11-16H2,1H3;1H. The van der Waals surface area contributed by atoms with Gasteiger partial charge in [0.2, 0.25) is 5.95 Å². The van der Waals surface area contributed by atoms with Gasteiger partial charge >= 0.3 is 0 Å². The second-order valence-electron chi connectivity index (χ2n) is 6.94. The molecule has 3 aromatic rings. The van der Waals surface area contributed by atoms with Crippen molar-refractivity contribution < 1.29 is 0 Å². The van der Waals surface area contributed by atoms with Gasteiger partial charge in [-0.25, -0.2) is 4.98 Å². The van der Waals surface area contributed by atoms with E-state index >= 15 is 0 Å². The molecule has 27 heavy (non-hydrogen) atoms. The fourth-order valence-electron chi connectivity index (χ4n) is 3.70. The summed E-state index contributed by atoms with van der Waals surface area (Å²) in [5.74, 6) is 1.12. The van der Waals surface area contributed by atoms with E-state index in [9.17, 15) is 0 Å². The molecule has 1 aliphatic heterocycles. The largest absolute Gasteiger partial charge is 0.340 e. The highest BCUT2D eigenvalue weighted by Gasteiger charge is 2.22. The van der Waals surface area contributed by atoms with E-state index in [0.29, 0.717) is 0 Å². The normalized spacial score (nSPS) is 15.1. The topological polar surface area (TPSA) is 24.3 Å². The molecule has 144 valence electrons. The number of halogens is 2. The van der Waals surface area contributed by atoms with Crippen molar-refractivity contribution in [2.45, 2.75) is 26.4 Å². The van der Waals surface area contributed by atoms with Crippen LogP contribution in [0.1, 0.15) is 18.9 Å². The van der Waals surface area contributed by atoms with Gasteiger partial charge in [0.05, 0.1) is 11.0 Å². The van der Waals surface area contributed by atoms with Crippen LogP contribution in [0.25, 0.3) is 11.0 Å². The number of para-hydroxylation sites is 2. The summed E-state index contributed by atoms with van der Waals surface area (Å²) in [5, 5.41) is 0.799. The number of piperazine rings is 1. The zero-order chi connectivity index (χ0) is 17.9. The number of hydrogen-bond donors (Lipinski definition) is 0. The van der Waals surface area contributed by atoms with Gasteiger partial charge in [0.1, 0.15) is 0 Å². The smallest absolute Gasteiger partial charge is 0.206 e. The van der Waals surface area contributed by atoms with Crippen molar-refractivity contribution in [2.75, 3.05) is 31.1 Å². The summed E-state index contributed by atoms with van der Waals surface area (Å²) in [6, 6.07) is 16.6. The highest BCUT2D eigenvalue weighted by atomic mass is 35.5. The van der Waals surface area contributed by atoms with E-state index in [4.69, 9.17) is 16.6 Å². The molecule has 1 aromatic heterocycles. The van der Waals surface area contributed by atoms with Gasteiger partial charge in [0, 0.05) is 44.3 Å². The van der Waals surface area contributed by atoms with Crippen LogP contribution >= 0.6 is 24.0 Å². The number of rotatable bonds is 5. The summed E-state index contributed by atoms with van der Waals surface area (Å²) in [6.45, 7) is 8.36. The predicted molar refractivity (Wildman–Crippen MR) is 116 cm³/mol. The Hall–Kier alpha value is -1.75. The quantitative estimate of drug-likeness (QED) is 0.607. The first kappa shape index (κ1) is 20.0. The molecule has 2 heterocycles. The van der Waals surface area contributed by atoms with Crippen molar-refractivity contribution in [1.29, 1.82) is 0 Å². The number of aryl methyl sites for hydroxylation is 1. The Morgan fingerprint density at radius 2 is 1.67 bits per heavy atom. The lowest BCUT2D eigenvalue weighted by Crippen LogP contribution is -2.46. The van der Waals surface area contributed by atoms with Crippen LogP contribution in [-0.4, -0.2) is 40.6 Å². The van der Waals surface area contributed by atoms with E-state index in [1.807, 2.05) is 12.1 Å². The van der Waals surface area contributed by atoms with Crippen LogP contribution in [0.3, 0.4) is 0 Å². The fourth-order valence-corrected chi connectivity index (χ4v) is 3.83. The van der Waals surface area contributed by atoms with Crippen molar-refractivity contribution >= 4 is 41.0 Å². The monoisotopic (exact) mass is 404 g/mol. The molecule has 6 heteroatoms. The van der Waals surface area contributed by atoms with Gasteiger partial charge in [-0.1, -0.05) is 42.8 Å². The molecule has 0 N–H and O–H groups in total. The first-order chi connectivity index (χ1) is 12.7. The van der Waals surface area contributed by atoms with E-state index in [2.05, 4.69) is 57.7 Å². The van der Waals surface area contributed by atoms with E-state index in [-0.39, 0.29) is 12.4 Å². The van der Waals surface area contributed by atoms with Crippen LogP contribution in [0, 0.1) is 0 Å². The number of fused-ring (bicyclic) bond motifs is 1. The maximum Gasteiger partial charge on any atom is 0.206 e. The predicted octanol–water partition coefficient (Wildman–Crippen LogP) is 4.84. The van der Waals surface area contributed by atoms with Gasteiger partial charge in [-0.2, -0.15) is 0 Å². The molecule has 0 spiro atoms. The highest BCUT2D eigenvalue weighted by Crippen LogP contribution is 2.24. The fraction of sp³-hybridized carbons (Fsp3) is 0.381. The Bertz CT molecular complexity index is 868. The first-order valence-electron chi connectivity index (χ1n) is 9.41. The van der Waals surface area contributed by atoms with E-state index in [1.165, 1.54) is 11.1 Å². The average Bonchev–Trinajstić information content (AvgIpc) is 3.03. The van der Waals surface area contributed by atoms with Gasteiger partial charge in [-0.05, 0) is 36.2 Å². The third kappa shape index (κ3) is 4.40. The molecule has 4 rings (SSSR count). The number of nitrogens with zero attached hydrogens (tertiary/aromatic N) is 4. The third-order valence-electron chi connectivity index (χ3n) is 5.06. The summed E-state index contributed by atoms with van der Waals surface area (Å²) in [6.07, 6.45) is 1.11. The molecule has 4 nitrogen and oxygen atoms in total. The number of anilines is 1. The number of aromatic nitrogens is 2. The average molecular weight is 405 g/mol. The minimum atomic E-state index is 0. The van der Waals surface area contributed by atoms with Crippen molar-refractivity contribution in [3.8, 4) is 0 Å². The summed E-state index contributed by atoms with van der Waals surface area (Å²) in [7, 11) is 0. The van der Waals surface area contributed by atoms with Gasteiger partial charge in [0.15, 0.2) is 0 Å². The van der Waals surface area contributed by atoms with Crippen LogP contribution in [0.5, 0.6) is 0 Å². The lowest BCUT2D eigenvalue weighted by molar-refractivity contribution is 0.248. The molecule has 0 radical (unpaired) electrons. The van der Waals surface area contributed by atoms with Crippen molar-refractivity contribution in [3.05, 3.63) is 59.1 Å². The van der Waals surface area contributed by atoms with Crippen LogP contribution in [-0.2, 0) is 13.1 Å². The Balaban J connectivity index is 0.00000210. The van der Waals surface area contributed by atoms with Crippen LogP contribution < -0.4 is 4.90 Å².